The van der Waals surface area contributed by atoms with Crippen LogP contribution in [0.25, 0.3) is 5.76 Å². The van der Waals surface area contributed by atoms with Crippen LogP contribution in [0.5, 0.6) is 5.75 Å². The third-order valence-corrected chi connectivity index (χ3v) is 9.38. The molecule has 4 aliphatic rings. The molecule has 2 unspecified atom stereocenters. The standard InChI is InChI=1S/C30H40N6O7/c1-35(2)18-11-14(12-33-29(32)34-15-7-5-6-8-15)23(37)20-16(18)9-13-10-17-22(36(3)4)25(39)21(28(31)42)27(41)30(17,43)26(40)19(13)24(20)38/h11,13,15,17,22,37-38,41,43H,5-10,12H2,1-4H3,(H2,31,42)(H3,32,33,34)/t13?,17?,22-,30-/m0/s1. The third-order valence-electron chi connectivity index (χ3n) is 9.38. The van der Waals surface area contributed by atoms with Crippen LogP contribution in [-0.4, -0.2) is 94.6 Å². The molecule has 9 N–H and O–H groups in total. The number of aliphatic imine (C=N–C) groups is 1. The van der Waals surface area contributed by atoms with E-state index in [4.69, 9.17) is 11.5 Å². The molecule has 2 fully saturated rings. The normalized spacial score (nSPS) is 27.8. The summed E-state index contributed by atoms with van der Waals surface area (Å²) in [5.41, 5.74) is 9.42. The van der Waals surface area contributed by atoms with Crippen LogP contribution in [-0.2, 0) is 27.3 Å². The van der Waals surface area contributed by atoms with Crippen molar-refractivity contribution >= 4 is 34.9 Å². The number of primary amides is 1. The first kappa shape index (κ1) is 30.4. The zero-order valence-electron chi connectivity index (χ0n) is 24.8. The molecule has 1 amide bonds. The fourth-order valence-electron chi connectivity index (χ4n) is 7.36. The number of likely N-dealkylation sites (N-methyl/N-ethyl adjacent to an activating group) is 1. The zero-order valence-corrected chi connectivity index (χ0v) is 24.8. The Labute approximate surface area is 249 Å². The number of benzene rings is 1. The van der Waals surface area contributed by atoms with E-state index in [1.165, 1.54) is 4.90 Å². The number of guanidine groups is 1. The van der Waals surface area contributed by atoms with Crippen molar-refractivity contribution in [1.29, 1.82) is 0 Å². The Morgan fingerprint density at radius 1 is 1.12 bits per heavy atom. The minimum absolute atomic E-state index is 0.00433. The van der Waals surface area contributed by atoms with Crippen molar-refractivity contribution in [2.24, 2.45) is 28.3 Å². The van der Waals surface area contributed by atoms with E-state index in [-0.39, 0.29) is 48.3 Å². The lowest BCUT2D eigenvalue weighted by atomic mass is 9.57. The van der Waals surface area contributed by atoms with Gasteiger partial charge in [-0.15, -0.1) is 0 Å². The fourth-order valence-corrected chi connectivity index (χ4v) is 7.36. The largest absolute Gasteiger partial charge is 0.508 e. The molecule has 5 rings (SSSR count). The van der Waals surface area contributed by atoms with Gasteiger partial charge in [-0.25, -0.2) is 4.99 Å². The predicted molar refractivity (Wildman–Crippen MR) is 159 cm³/mol. The lowest BCUT2D eigenvalue weighted by molar-refractivity contribution is -0.153. The number of phenolic OH excluding ortho intramolecular Hbond substituents is 1. The molecule has 0 radical (unpaired) electrons. The molecule has 2 saturated carbocycles. The van der Waals surface area contributed by atoms with Crippen LogP contribution in [0.3, 0.4) is 0 Å². The topological polar surface area (TPSA) is 215 Å². The average Bonchev–Trinajstić information content (AvgIpc) is 3.42. The number of aromatic hydroxyl groups is 1. The van der Waals surface area contributed by atoms with E-state index in [1.54, 1.807) is 20.2 Å². The Kier molecular flexibility index (Phi) is 7.68. The van der Waals surface area contributed by atoms with E-state index >= 15 is 0 Å². The number of aliphatic hydroxyl groups excluding tert-OH is 2. The maximum absolute atomic E-state index is 14.1. The maximum Gasteiger partial charge on any atom is 0.255 e. The van der Waals surface area contributed by atoms with Gasteiger partial charge in [0.1, 0.15) is 22.8 Å². The van der Waals surface area contributed by atoms with E-state index in [0.29, 0.717) is 16.8 Å². The number of hydrogen-bond acceptors (Lipinski definition) is 10. The summed E-state index contributed by atoms with van der Waals surface area (Å²) in [6.45, 7) is -0.00433. The summed E-state index contributed by atoms with van der Waals surface area (Å²) < 4.78 is 0. The highest BCUT2D eigenvalue weighted by Gasteiger charge is 2.64. The molecular weight excluding hydrogens is 556 g/mol. The first-order valence-corrected chi connectivity index (χ1v) is 14.5. The maximum atomic E-state index is 14.1. The monoisotopic (exact) mass is 596 g/mol. The molecule has 1 aromatic rings. The number of anilines is 1. The smallest absolute Gasteiger partial charge is 0.255 e. The molecule has 0 spiro atoms. The van der Waals surface area contributed by atoms with E-state index in [2.05, 4.69) is 10.3 Å². The van der Waals surface area contributed by atoms with Gasteiger partial charge in [-0.1, -0.05) is 12.8 Å². The highest BCUT2D eigenvalue weighted by molar-refractivity contribution is 6.24. The Hall–Kier alpha value is -4.10. The van der Waals surface area contributed by atoms with Crippen molar-refractivity contribution < 1.29 is 34.8 Å². The van der Waals surface area contributed by atoms with Crippen LogP contribution in [0.4, 0.5) is 5.69 Å². The number of carbonyl (C=O) groups is 3. The number of fused-ring (bicyclic) bond motifs is 3. The molecule has 4 atom stereocenters. The van der Waals surface area contributed by atoms with E-state index < -0.39 is 58.0 Å². The predicted octanol–water partition coefficient (Wildman–Crippen LogP) is 0.377. The van der Waals surface area contributed by atoms with Crippen molar-refractivity contribution in [2.75, 3.05) is 33.1 Å². The van der Waals surface area contributed by atoms with Crippen LogP contribution >= 0.6 is 0 Å². The van der Waals surface area contributed by atoms with Gasteiger partial charge in [0.15, 0.2) is 17.3 Å². The number of hydrogen-bond donors (Lipinski definition) is 7. The quantitative estimate of drug-likeness (QED) is 0.135. The Bertz CT molecular complexity index is 1490. The SMILES string of the molecule is CN(C)c1cc(CN=C(N)NC2CCCC2)c(O)c2c1CC1CC3[C@H](N(C)C)C(=O)C(C(N)=O)=C(O)[C@@]3(O)C(=O)C1=C2O. The first-order chi connectivity index (χ1) is 20.2. The molecule has 13 nitrogen and oxygen atoms in total. The van der Waals surface area contributed by atoms with Crippen LogP contribution in [0, 0.1) is 11.8 Å². The molecule has 0 saturated heterocycles. The van der Waals surface area contributed by atoms with Gasteiger partial charge in [0.05, 0.1) is 18.2 Å². The van der Waals surface area contributed by atoms with Crippen LogP contribution in [0.1, 0.15) is 48.8 Å². The molecule has 232 valence electrons. The summed E-state index contributed by atoms with van der Waals surface area (Å²) in [4.78, 5) is 47.3. The van der Waals surface area contributed by atoms with Crippen molar-refractivity contribution in [3.63, 3.8) is 0 Å². The third kappa shape index (κ3) is 4.70. The highest BCUT2D eigenvalue weighted by Crippen LogP contribution is 2.54. The van der Waals surface area contributed by atoms with Crippen molar-refractivity contribution in [3.05, 3.63) is 39.7 Å². The molecule has 1 aromatic carbocycles. The van der Waals surface area contributed by atoms with Gasteiger partial charge in [0, 0.05) is 42.9 Å². The molecule has 0 heterocycles. The Morgan fingerprint density at radius 3 is 2.35 bits per heavy atom. The fraction of sp³-hybridized carbons (Fsp3) is 0.533. The van der Waals surface area contributed by atoms with Gasteiger partial charge >= 0.3 is 0 Å². The second-order valence-electron chi connectivity index (χ2n) is 12.4. The molecule has 0 aromatic heterocycles. The summed E-state index contributed by atoms with van der Waals surface area (Å²) in [7, 11) is 6.75. The Balaban J connectivity index is 1.62. The average molecular weight is 597 g/mol. The summed E-state index contributed by atoms with van der Waals surface area (Å²) in [6, 6.07) is 0.876. The first-order valence-electron chi connectivity index (χ1n) is 14.5. The number of nitrogens with one attached hydrogen (secondary N) is 1. The number of nitrogens with zero attached hydrogens (tertiary/aromatic N) is 3. The number of ketones is 2. The number of rotatable bonds is 6. The number of Topliss-reactive ketones (excluding diaryl/α,β-unsaturated/α-hetero) is 2. The van der Waals surface area contributed by atoms with Crippen molar-refractivity contribution in [1.82, 2.24) is 10.2 Å². The highest BCUT2D eigenvalue weighted by atomic mass is 16.3. The van der Waals surface area contributed by atoms with Gasteiger partial charge in [-0.3, -0.25) is 19.3 Å². The molecular formula is C30H40N6O7. The second-order valence-corrected chi connectivity index (χ2v) is 12.4. The number of carbonyl (C=O) groups excluding carboxylic acids is 3. The van der Waals surface area contributed by atoms with Gasteiger partial charge in [0.2, 0.25) is 5.78 Å². The van der Waals surface area contributed by atoms with Gasteiger partial charge in [0.25, 0.3) is 5.91 Å². The van der Waals surface area contributed by atoms with Crippen LogP contribution in [0.2, 0.25) is 0 Å². The number of aliphatic hydroxyl groups is 3. The number of phenols is 1. The van der Waals surface area contributed by atoms with E-state index in [1.807, 2.05) is 19.0 Å². The molecule has 0 bridgehead atoms. The molecule has 13 heteroatoms. The minimum Gasteiger partial charge on any atom is -0.508 e. The van der Waals surface area contributed by atoms with Crippen LogP contribution < -0.4 is 21.7 Å². The summed E-state index contributed by atoms with van der Waals surface area (Å²) in [6.07, 6.45) is 4.47. The number of nitrogens with two attached hydrogens (primary N) is 2. The zero-order chi connectivity index (χ0) is 31.5. The molecule has 4 aliphatic carbocycles. The minimum atomic E-state index is -2.69. The molecule has 0 aliphatic heterocycles. The van der Waals surface area contributed by atoms with Crippen molar-refractivity contribution in [3.8, 4) is 5.75 Å². The van der Waals surface area contributed by atoms with Crippen LogP contribution in [0.15, 0.2) is 28.0 Å². The lowest BCUT2D eigenvalue weighted by Gasteiger charge is -2.50. The van der Waals surface area contributed by atoms with E-state index in [0.717, 1.165) is 25.7 Å². The van der Waals surface area contributed by atoms with E-state index in [9.17, 15) is 34.8 Å². The van der Waals surface area contributed by atoms with Crippen molar-refractivity contribution in [2.45, 2.75) is 62.8 Å². The van der Waals surface area contributed by atoms with Gasteiger partial charge < -0.3 is 42.1 Å². The Morgan fingerprint density at radius 2 is 1.77 bits per heavy atom. The summed E-state index contributed by atoms with van der Waals surface area (Å²) in [5, 5.41) is 49.1. The molecule has 43 heavy (non-hydrogen) atoms. The van der Waals surface area contributed by atoms with Gasteiger partial charge in [-0.2, -0.15) is 0 Å². The number of amides is 1. The lowest BCUT2D eigenvalue weighted by Crippen LogP contribution is -2.65. The summed E-state index contributed by atoms with van der Waals surface area (Å²) in [5.74, 6) is -6.60. The summed E-state index contributed by atoms with van der Waals surface area (Å²) >= 11 is 0. The van der Waals surface area contributed by atoms with Gasteiger partial charge in [-0.05, 0) is 57.3 Å². The second kappa shape index (κ2) is 10.9.